The zero-order valence-electron chi connectivity index (χ0n) is 11.9. The van der Waals surface area contributed by atoms with Crippen LogP contribution in [0.4, 0.5) is 5.69 Å². The summed E-state index contributed by atoms with van der Waals surface area (Å²) in [7, 11) is 0. The van der Waals surface area contributed by atoms with Crippen LogP contribution >= 0.6 is 11.6 Å². The number of phenolic OH excluding ortho intramolecular Hbond substituents is 1. The first kappa shape index (κ1) is 15.9. The van der Waals surface area contributed by atoms with Crippen molar-refractivity contribution in [3.63, 3.8) is 0 Å². The van der Waals surface area contributed by atoms with E-state index in [2.05, 4.69) is 10.6 Å². The summed E-state index contributed by atoms with van der Waals surface area (Å²) in [4.78, 5) is 23.7. The topological polar surface area (TPSA) is 78.4 Å². The normalized spacial score (nSPS) is 10.1. The Hall–Kier alpha value is -2.53. The molecule has 0 bridgehead atoms. The molecule has 114 valence electrons. The van der Waals surface area contributed by atoms with Gasteiger partial charge < -0.3 is 15.7 Å². The molecule has 3 N–H and O–H groups in total. The van der Waals surface area contributed by atoms with Crippen LogP contribution in [0.15, 0.2) is 42.5 Å². The van der Waals surface area contributed by atoms with E-state index in [9.17, 15) is 14.7 Å². The fourth-order valence-corrected chi connectivity index (χ4v) is 2.02. The van der Waals surface area contributed by atoms with E-state index in [-0.39, 0.29) is 23.9 Å². The van der Waals surface area contributed by atoms with Gasteiger partial charge in [0.25, 0.3) is 5.91 Å². The van der Waals surface area contributed by atoms with E-state index in [0.29, 0.717) is 10.6 Å². The summed E-state index contributed by atoms with van der Waals surface area (Å²) >= 11 is 5.79. The maximum absolute atomic E-state index is 11.9. The van der Waals surface area contributed by atoms with Crippen molar-refractivity contribution in [1.82, 2.24) is 5.32 Å². The molecule has 0 atom stereocenters. The van der Waals surface area contributed by atoms with E-state index >= 15 is 0 Å². The molecule has 0 aromatic heterocycles. The third kappa shape index (κ3) is 4.23. The molecule has 0 aliphatic heterocycles. The van der Waals surface area contributed by atoms with Gasteiger partial charge in [-0.2, -0.15) is 0 Å². The van der Waals surface area contributed by atoms with Gasteiger partial charge in [-0.3, -0.25) is 9.59 Å². The van der Waals surface area contributed by atoms with Gasteiger partial charge >= 0.3 is 0 Å². The van der Waals surface area contributed by atoms with E-state index < -0.39 is 5.91 Å². The highest BCUT2D eigenvalue weighted by atomic mass is 35.5. The molecule has 0 spiro atoms. The van der Waals surface area contributed by atoms with Gasteiger partial charge in [0.05, 0.1) is 12.2 Å². The van der Waals surface area contributed by atoms with Gasteiger partial charge in [0.15, 0.2) is 0 Å². The third-order valence-electron chi connectivity index (χ3n) is 2.92. The van der Waals surface area contributed by atoms with Crippen molar-refractivity contribution in [1.29, 1.82) is 0 Å². The first-order valence-corrected chi connectivity index (χ1v) is 6.97. The van der Waals surface area contributed by atoms with Crippen molar-refractivity contribution < 1.29 is 14.7 Å². The van der Waals surface area contributed by atoms with Gasteiger partial charge in [-0.25, -0.2) is 0 Å². The number of benzene rings is 2. The van der Waals surface area contributed by atoms with E-state index in [1.54, 1.807) is 18.2 Å². The Morgan fingerprint density at radius 3 is 2.68 bits per heavy atom. The highest BCUT2D eigenvalue weighted by molar-refractivity contribution is 6.31. The lowest BCUT2D eigenvalue weighted by atomic mass is 10.1. The Bertz CT molecular complexity index is 716. The summed E-state index contributed by atoms with van der Waals surface area (Å²) in [5.74, 6) is -0.893. The third-order valence-corrected chi connectivity index (χ3v) is 3.16. The van der Waals surface area contributed by atoms with E-state index in [1.807, 2.05) is 13.0 Å². The number of rotatable bonds is 4. The molecule has 0 aliphatic carbocycles. The van der Waals surface area contributed by atoms with Crippen molar-refractivity contribution in [2.45, 2.75) is 6.92 Å². The lowest BCUT2D eigenvalue weighted by Gasteiger charge is -2.09. The molecule has 2 aromatic rings. The van der Waals surface area contributed by atoms with Crippen LogP contribution in [-0.2, 0) is 4.79 Å². The lowest BCUT2D eigenvalue weighted by Crippen LogP contribution is -2.32. The lowest BCUT2D eigenvalue weighted by molar-refractivity contribution is -0.115. The van der Waals surface area contributed by atoms with Crippen molar-refractivity contribution in [3.8, 4) is 5.75 Å². The number of amides is 2. The van der Waals surface area contributed by atoms with E-state index in [1.165, 1.54) is 18.2 Å². The van der Waals surface area contributed by atoms with Gasteiger partial charge in [-0.15, -0.1) is 0 Å². The Balaban J connectivity index is 1.93. The molecule has 6 heteroatoms. The van der Waals surface area contributed by atoms with Crippen molar-refractivity contribution in [2.24, 2.45) is 0 Å². The predicted octanol–water partition coefficient (Wildman–Crippen LogP) is 2.72. The Morgan fingerprint density at radius 2 is 1.95 bits per heavy atom. The van der Waals surface area contributed by atoms with Gasteiger partial charge in [0.2, 0.25) is 5.91 Å². The first-order chi connectivity index (χ1) is 10.5. The number of aromatic hydroxyl groups is 1. The summed E-state index contributed by atoms with van der Waals surface area (Å²) in [5.41, 5.74) is 1.64. The van der Waals surface area contributed by atoms with Crippen LogP contribution < -0.4 is 10.6 Å². The summed E-state index contributed by atoms with van der Waals surface area (Å²) in [6.07, 6.45) is 0. The van der Waals surface area contributed by atoms with Crippen LogP contribution in [0.5, 0.6) is 5.75 Å². The smallest absolute Gasteiger partial charge is 0.251 e. The molecule has 0 heterocycles. The highest BCUT2D eigenvalue weighted by Crippen LogP contribution is 2.26. The molecule has 0 radical (unpaired) electrons. The molecule has 0 aliphatic rings. The van der Waals surface area contributed by atoms with Crippen LogP contribution in [0.3, 0.4) is 0 Å². The fraction of sp³-hybridized carbons (Fsp3) is 0.125. The zero-order chi connectivity index (χ0) is 16.1. The number of aryl methyl sites for hydroxylation is 1. The second kappa shape index (κ2) is 6.95. The minimum atomic E-state index is -0.460. The molecular formula is C16H15ClN2O3. The quantitative estimate of drug-likeness (QED) is 0.758. The average molecular weight is 319 g/mol. The van der Waals surface area contributed by atoms with Gasteiger partial charge in [0, 0.05) is 10.6 Å². The SMILES string of the molecule is Cc1cccc(C(=O)NCC(=O)Nc2cc(Cl)ccc2O)c1. The molecule has 0 saturated carbocycles. The second-order valence-corrected chi connectivity index (χ2v) is 5.20. The number of phenols is 1. The number of anilines is 1. The van der Waals surface area contributed by atoms with Crippen LogP contribution in [0.25, 0.3) is 0 Å². The van der Waals surface area contributed by atoms with Crippen LogP contribution in [0.1, 0.15) is 15.9 Å². The number of carbonyl (C=O) groups excluding carboxylic acids is 2. The molecule has 0 saturated heterocycles. The van der Waals surface area contributed by atoms with Crippen molar-refractivity contribution in [2.75, 3.05) is 11.9 Å². The molecule has 0 unspecified atom stereocenters. The van der Waals surface area contributed by atoms with E-state index in [4.69, 9.17) is 11.6 Å². The summed E-state index contributed by atoms with van der Waals surface area (Å²) in [5, 5.41) is 15.0. The van der Waals surface area contributed by atoms with Gasteiger partial charge in [-0.1, -0.05) is 29.3 Å². The highest BCUT2D eigenvalue weighted by Gasteiger charge is 2.10. The summed E-state index contributed by atoms with van der Waals surface area (Å²) < 4.78 is 0. The average Bonchev–Trinajstić information content (AvgIpc) is 2.48. The van der Waals surface area contributed by atoms with Gasteiger partial charge in [-0.05, 0) is 37.3 Å². The minimum Gasteiger partial charge on any atom is -0.506 e. The van der Waals surface area contributed by atoms with Crippen LogP contribution in [0, 0.1) is 6.92 Å². The van der Waals surface area contributed by atoms with Crippen LogP contribution in [-0.4, -0.2) is 23.5 Å². The standard InChI is InChI=1S/C16H15ClN2O3/c1-10-3-2-4-11(7-10)16(22)18-9-15(21)19-13-8-12(17)5-6-14(13)20/h2-8,20H,9H2,1H3,(H,18,22)(H,19,21). The molecule has 5 nitrogen and oxygen atoms in total. The minimum absolute atomic E-state index is 0.0947. The van der Waals surface area contributed by atoms with Crippen molar-refractivity contribution >= 4 is 29.1 Å². The molecule has 0 fully saturated rings. The molecule has 2 amide bonds. The summed E-state index contributed by atoms with van der Waals surface area (Å²) in [6, 6.07) is 11.4. The number of carbonyl (C=O) groups is 2. The Labute approximate surface area is 132 Å². The van der Waals surface area contributed by atoms with Crippen LogP contribution in [0.2, 0.25) is 5.02 Å². The second-order valence-electron chi connectivity index (χ2n) is 4.76. The maximum Gasteiger partial charge on any atom is 0.251 e. The summed E-state index contributed by atoms with van der Waals surface area (Å²) in [6.45, 7) is 1.67. The zero-order valence-corrected chi connectivity index (χ0v) is 12.6. The molecule has 2 aromatic carbocycles. The Morgan fingerprint density at radius 1 is 1.18 bits per heavy atom. The number of nitrogens with one attached hydrogen (secondary N) is 2. The Kier molecular flexibility index (Phi) is 5.01. The number of hydrogen-bond acceptors (Lipinski definition) is 3. The molecular weight excluding hydrogens is 304 g/mol. The number of hydrogen-bond donors (Lipinski definition) is 3. The van der Waals surface area contributed by atoms with Crippen molar-refractivity contribution in [3.05, 3.63) is 58.6 Å². The largest absolute Gasteiger partial charge is 0.506 e. The number of halogens is 1. The monoisotopic (exact) mass is 318 g/mol. The molecule has 22 heavy (non-hydrogen) atoms. The van der Waals surface area contributed by atoms with Gasteiger partial charge in [0.1, 0.15) is 5.75 Å². The fourth-order valence-electron chi connectivity index (χ4n) is 1.85. The first-order valence-electron chi connectivity index (χ1n) is 6.59. The maximum atomic E-state index is 11.9. The molecule has 2 rings (SSSR count). The van der Waals surface area contributed by atoms with E-state index in [0.717, 1.165) is 5.56 Å². The predicted molar refractivity (Wildman–Crippen MR) is 85.3 cm³/mol.